The van der Waals surface area contributed by atoms with Crippen LogP contribution in [0.5, 0.6) is 5.75 Å². The first-order chi connectivity index (χ1) is 16.2. The first kappa shape index (κ1) is 24.3. The van der Waals surface area contributed by atoms with Gasteiger partial charge in [0.25, 0.3) is 12.3 Å². The van der Waals surface area contributed by atoms with Gasteiger partial charge >= 0.3 is 5.69 Å². The van der Waals surface area contributed by atoms with Gasteiger partial charge < -0.3 is 10.1 Å². The molecule has 1 aliphatic rings. The summed E-state index contributed by atoms with van der Waals surface area (Å²) in [5.74, 6) is 2.30. The van der Waals surface area contributed by atoms with E-state index in [1.54, 1.807) is 22.8 Å². The van der Waals surface area contributed by atoms with Gasteiger partial charge in [-0.3, -0.25) is 9.36 Å². The average Bonchev–Trinajstić information content (AvgIpc) is 3.09. The molecule has 3 heterocycles. The minimum atomic E-state index is -2.61. The van der Waals surface area contributed by atoms with Gasteiger partial charge in [-0.1, -0.05) is 0 Å². The Bertz CT molecular complexity index is 1250. The molecule has 0 radical (unpaired) electrons. The second-order valence-corrected chi connectivity index (χ2v) is 10.2. The number of hydrogen-bond acceptors (Lipinski definition) is 5. The Morgan fingerprint density at radius 1 is 1.21 bits per heavy atom. The number of hydrogen-bond donors (Lipinski definition) is 1. The van der Waals surface area contributed by atoms with Gasteiger partial charge in [-0.25, -0.2) is 23.1 Å². The maximum atomic E-state index is 13.4. The van der Waals surface area contributed by atoms with Crippen molar-refractivity contribution in [1.82, 2.24) is 19.4 Å². The lowest BCUT2D eigenvalue weighted by molar-refractivity contribution is 0.0818. The molecule has 34 heavy (non-hydrogen) atoms. The second-order valence-electron chi connectivity index (χ2n) is 8.96. The second kappa shape index (κ2) is 9.77. The zero-order valence-corrected chi connectivity index (χ0v) is 20.2. The largest absolute Gasteiger partial charge is 0.487 e. The summed E-state index contributed by atoms with van der Waals surface area (Å²) in [4.78, 5) is 30.7. The Hall–Kier alpha value is -2.88. The Morgan fingerprint density at radius 3 is 2.62 bits per heavy atom. The maximum absolute atomic E-state index is 13.4. The van der Waals surface area contributed by atoms with Crippen LogP contribution >= 0.6 is 11.8 Å². The van der Waals surface area contributed by atoms with Gasteiger partial charge in [0.1, 0.15) is 18.2 Å². The number of fused-ring (bicyclic) bond motifs is 1. The number of pyridine rings is 1. The van der Waals surface area contributed by atoms with E-state index in [0.29, 0.717) is 16.6 Å². The van der Waals surface area contributed by atoms with Gasteiger partial charge in [0.05, 0.1) is 11.0 Å². The average molecular weight is 491 g/mol. The van der Waals surface area contributed by atoms with E-state index in [1.165, 1.54) is 22.9 Å². The van der Waals surface area contributed by atoms with Crippen LogP contribution in [0.15, 0.2) is 41.3 Å². The highest BCUT2D eigenvalue weighted by atomic mass is 32.2. The lowest BCUT2D eigenvalue weighted by Gasteiger charge is -2.34. The van der Waals surface area contributed by atoms with E-state index < -0.39 is 13.0 Å². The SMILES string of the molecule is CC(C)n1c(=O)n(-c2cc(OCC(F)F)ccn2)c2ccc(C(=O)NC3(C)CCSCC3)cc21. The number of aromatic nitrogens is 3. The fraction of sp³-hybridized carbons (Fsp3) is 0.458. The summed E-state index contributed by atoms with van der Waals surface area (Å²) < 4.78 is 33.2. The molecule has 1 N–H and O–H groups in total. The van der Waals surface area contributed by atoms with Gasteiger partial charge in [-0.05, 0) is 69.4 Å². The van der Waals surface area contributed by atoms with Gasteiger partial charge in [0, 0.05) is 29.4 Å². The summed E-state index contributed by atoms with van der Waals surface area (Å²) in [5, 5.41) is 3.17. The number of alkyl halides is 2. The Morgan fingerprint density at radius 2 is 1.94 bits per heavy atom. The molecular formula is C24H28F2N4O3S. The van der Waals surface area contributed by atoms with Crippen LogP contribution in [-0.4, -0.2) is 50.1 Å². The summed E-state index contributed by atoms with van der Waals surface area (Å²) in [6.45, 7) is 5.09. The lowest BCUT2D eigenvalue weighted by atomic mass is 9.94. The Kier molecular flexibility index (Phi) is 6.97. The summed E-state index contributed by atoms with van der Waals surface area (Å²) in [6.07, 6.45) is 0.621. The third-order valence-corrected chi connectivity index (χ3v) is 6.97. The summed E-state index contributed by atoms with van der Waals surface area (Å²) >= 11 is 1.89. The molecule has 0 unspecified atom stereocenters. The van der Waals surface area contributed by atoms with Crippen molar-refractivity contribution < 1.29 is 18.3 Å². The third-order valence-electron chi connectivity index (χ3n) is 5.99. The van der Waals surface area contributed by atoms with Crippen LogP contribution in [0.3, 0.4) is 0 Å². The molecule has 0 atom stereocenters. The van der Waals surface area contributed by atoms with E-state index in [4.69, 9.17) is 4.74 Å². The maximum Gasteiger partial charge on any atom is 0.335 e. The Labute approximate surface area is 200 Å². The smallest absolute Gasteiger partial charge is 0.335 e. The fourth-order valence-corrected chi connectivity index (χ4v) is 5.54. The molecule has 1 aliphatic heterocycles. The van der Waals surface area contributed by atoms with Crippen LogP contribution < -0.4 is 15.7 Å². The molecule has 3 aromatic rings. The molecule has 0 bridgehead atoms. The monoisotopic (exact) mass is 490 g/mol. The number of imidazole rings is 1. The zero-order chi connectivity index (χ0) is 24.5. The fourth-order valence-electron chi connectivity index (χ4n) is 4.15. The van der Waals surface area contributed by atoms with Crippen molar-refractivity contribution in [3.63, 3.8) is 0 Å². The first-order valence-electron chi connectivity index (χ1n) is 11.2. The van der Waals surface area contributed by atoms with Gasteiger partial charge in [-0.15, -0.1) is 0 Å². The van der Waals surface area contributed by atoms with Crippen LogP contribution in [0, 0.1) is 0 Å². The molecule has 1 amide bonds. The van der Waals surface area contributed by atoms with Crippen LogP contribution in [0.4, 0.5) is 8.78 Å². The predicted molar refractivity (Wildman–Crippen MR) is 130 cm³/mol. The van der Waals surface area contributed by atoms with Crippen molar-refractivity contribution in [2.75, 3.05) is 18.1 Å². The first-order valence-corrected chi connectivity index (χ1v) is 12.4. The third kappa shape index (κ3) is 4.96. The number of thioether (sulfide) groups is 1. The zero-order valence-electron chi connectivity index (χ0n) is 19.4. The molecule has 0 saturated carbocycles. The number of rotatable bonds is 7. The normalized spacial score (nSPS) is 15.7. The summed E-state index contributed by atoms with van der Waals surface area (Å²) in [6, 6.07) is 7.87. The number of benzene rings is 1. The molecule has 0 spiro atoms. The highest BCUT2D eigenvalue weighted by Crippen LogP contribution is 2.28. The highest BCUT2D eigenvalue weighted by Gasteiger charge is 2.29. The van der Waals surface area contributed by atoms with E-state index in [-0.39, 0.29) is 34.7 Å². The topological polar surface area (TPSA) is 78.2 Å². The minimum Gasteiger partial charge on any atom is -0.487 e. The molecule has 1 aromatic carbocycles. The quantitative estimate of drug-likeness (QED) is 0.530. The molecule has 1 fully saturated rings. The van der Waals surface area contributed by atoms with Gasteiger partial charge in [-0.2, -0.15) is 11.8 Å². The van der Waals surface area contributed by atoms with Crippen molar-refractivity contribution in [2.45, 2.75) is 51.6 Å². The molecule has 10 heteroatoms. The van der Waals surface area contributed by atoms with Crippen LogP contribution in [0.25, 0.3) is 16.9 Å². The van der Waals surface area contributed by atoms with Crippen molar-refractivity contribution >= 4 is 28.7 Å². The number of carbonyl (C=O) groups is 1. The molecule has 2 aromatic heterocycles. The standard InChI is InChI=1S/C24H28F2N4O3S/c1-15(2)29-19-12-16(22(31)28-24(3)7-10-34-11-8-24)4-5-18(19)30(23(29)32)21-13-17(6-9-27-21)33-14-20(25)26/h4-6,9,12-13,15,20H,7-8,10-11,14H2,1-3H3,(H,28,31). The molecule has 182 valence electrons. The van der Waals surface area contributed by atoms with E-state index >= 15 is 0 Å². The van der Waals surface area contributed by atoms with E-state index in [9.17, 15) is 18.4 Å². The molecule has 7 nitrogen and oxygen atoms in total. The van der Waals surface area contributed by atoms with E-state index in [0.717, 1.165) is 24.3 Å². The number of ether oxygens (including phenoxy) is 1. The number of nitrogens with zero attached hydrogens (tertiary/aromatic N) is 3. The molecule has 1 saturated heterocycles. The van der Waals surface area contributed by atoms with E-state index in [1.807, 2.05) is 25.6 Å². The molecule has 4 rings (SSSR count). The predicted octanol–water partition coefficient (Wildman–Crippen LogP) is 4.43. The van der Waals surface area contributed by atoms with Gasteiger partial charge in [0.15, 0.2) is 0 Å². The Balaban J connectivity index is 1.74. The summed E-state index contributed by atoms with van der Waals surface area (Å²) in [5.41, 5.74) is 1.05. The molecule has 0 aliphatic carbocycles. The van der Waals surface area contributed by atoms with Crippen LogP contribution in [-0.2, 0) is 0 Å². The highest BCUT2D eigenvalue weighted by molar-refractivity contribution is 7.99. The number of nitrogens with one attached hydrogen (secondary N) is 1. The summed E-state index contributed by atoms with van der Waals surface area (Å²) in [7, 11) is 0. The minimum absolute atomic E-state index is 0.174. The van der Waals surface area contributed by atoms with Crippen molar-refractivity contribution in [1.29, 1.82) is 0 Å². The lowest BCUT2D eigenvalue weighted by Crippen LogP contribution is -2.48. The van der Waals surface area contributed by atoms with Gasteiger partial charge in [0.2, 0.25) is 0 Å². The molecular weight excluding hydrogens is 462 g/mol. The van der Waals surface area contributed by atoms with Crippen molar-refractivity contribution in [3.05, 3.63) is 52.6 Å². The van der Waals surface area contributed by atoms with Crippen molar-refractivity contribution in [2.24, 2.45) is 0 Å². The number of amides is 1. The van der Waals surface area contributed by atoms with E-state index in [2.05, 4.69) is 17.2 Å². The van der Waals surface area contributed by atoms with Crippen molar-refractivity contribution in [3.8, 4) is 11.6 Å². The number of halogens is 2. The van der Waals surface area contributed by atoms with Crippen LogP contribution in [0.1, 0.15) is 50.0 Å². The van der Waals surface area contributed by atoms with Crippen LogP contribution in [0.2, 0.25) is 0 Å². The number of carbonyl (C=O) groups excluding carboxylic acids is 1.